The van der Waals surface area contributed by atoms with E-state index in [1.54, 1.807) is 12.1 Å². The van der Waals surface area contributed by atoms with Crippen molar-refractivity contribution in [2.75, 3.05) is 23.3 Å². The summed E-state index contributed by atoms with van der Waals surface area (Å²) in [6.45, 7) is 1.80. The summed E-state index contributed by atoms with van der Waals surface area (Å²) < 4.78 is 39.0. The van der Waals surface area contributed by atoms with Crippen LogP contribution >= 0.6 is 0 Å². The number of anilines is 2. The third-order valence-electron chi connectivity index (χ3n) is 8.16. The molecule has 2 fully saturated rings. The van der Waals surface area contributed by atoms with Gasteiger partial charge in [0, 0.05) is 31.0 Å². The Kier molecular flexibility index (Phi) is 8.22. The molecule has 2 aromatic carbocycles. The SMILES string of the molecule is OCc1cccc(-c2ccnc(N[C@@H]3CCCC[C@H]3C[C@H]3CCCN(c4ccc(C(F)(F)F)cc4)C3)c2)c1. The number of piperidine rings is 1. The van der Waals surface area contributed by atoms with E-state index in [1.165, 1.54) is 31.4 Å². The van der Waals surface area contributed by atoms with Crippen molar-refractivity contribution < 1.29 is 18.3 Å². The summed E-state index contributed by atoms with van der Waals surface area (Å²) in [4.78, 5) is 6.87. The summed E-state index contributed by atoms with van der Waals surface area (Å²) >= 11 is 0. The number of benzene rings is 2. The zero-order valence-electron chi connectivity index (χ0n) is 21.6. The first kappa shape index (κ1) is 26.5. The molecule has 2 heterocycles. The maximum absolute atomic E-state index is 13.0. The van der Waals surface area contributed by atoms with Gasteiger partial charge in [0.05, 0.1) is 12.2 Å². The van der Waals surface area contributed by atoms with E-state index in [9.17, 15) is 18.3 Å². The first-order chi connectivity index (χ1) is 18.4. The Morgan fingerprint density at radius 1 is 0.921 bits per heavy atom. The second-order valence-electron chi connectivity index (χ2n) is 10.8. The summed E-state index contributed by atoms with van der Waals surface area (Å²) in [5.74, 6) is 1.95. The van der Waals surface area contributed by atoms with E-state index in [2.05, 4.69) is 21.3 Å². The second-order valence-corrected chi connectivity index (χ2v) is 10.8. The number of aromatic nitrogens is 1. The van der Waals surface area contributed by atoms with E-state index >= 15 is 0 Å². The van der Waals surface area contributed by atoms with Crippen LogP contribution in [-0.4, -0.2) is 29.2 Å². The summed E-state index contributed by atoms with van der Waals surface area (Å²) in [6.07, 6.45) is 5.62. The maximum atomic E-state index is 13.0. The summed E-state index contributed by atoms with van der Waals surface area (Å²) in [6, 6.07) is 18.0. The molecule has 7 heteroatoms. The van der Waals surface area contributed by atoms with Gasteiger partial charge in [-0.05, 0) is 103 Å². The molecule has 2 N–H and O–H groups in total. The van der Waals surface area contributed by atoms with Crippen molar-refractivity contribution in [2.45, 2.75) is 63.8 Å². The smallest absolute Gasteiger partial charge is 0.392 e. The van der Waals surface area contributed by atoms with Crippen LogP contribution in [0.4, 0.5) is 24.7 Å². The van der Waals surface area contributed by atoms with Crippen LogP contribution in [0.1, 0.15) is 56.1 Å². The third kappa shape index (κ3) is 6.49. The van der Waals surface area contributed by atoms with Gasteiger partial charge in [-0.2, -0.15) is 13.2 Å². The molecule has 5 rings (SSSR count). The molecule has 1 aliphatic heterocycles. The van der Waals surface area contributed by atoms with Gasteiger partial charge in [0.1, 0.15) is 5.82 Å². The lowest BCUT2D eigenvalue weighted by Gasteiger charge is -2.39. The number of hydrogen-bond acceptors (Lipinski definition) is 4. The van der Waals surface area contributed by atoms with Crippen LogP contribution in [0, 0.1) is 11.8 Å². The molecule has 202 valence electrons. The Bertz CT molecular complexity index is 1200. The zero-order valence-corrected chi connectivity index (χ0v) is 21.6. The molecule has 0 unspecified atom stereocenters. The maximum Gasteiger partial charge on any atom is 0.416 e. The van der Waals surface area contributed by atoms with Gasteiger partial charge in [-0.3, -0.25) is 0 Å². The third-order valence-corrected chi connectivity index (χ3v) is 8.16. The standard InChI is InChI=1S/C31H36F3N3O/c32-31(33,34)27-10-12-28(13-11-27)37-16-4-6-22(20-37)17-26-7-1-2-9-29(26)36-30-19-25(14-15-35-30)24-8-3-5-23(18-24)21-38/h3,5,8,10-15,18-19,22,26,29,38H,1-2,4,6-7,9,16-17,20-21H2,(H,35,36)/t22-,26+,29-/m1/s1. The Balaban J connectivity index is 1.23. The molecule has 0 spiro atoms. The topological polar surface area (TPSA) is 48.4 Å². The van der Waals surface area contributed by atoms with E-state index in [4.69, 9.17) is 0 Å². The molecule has 0 amide bonds. The lowest BCUT2D eigenvalue weighted by molar-refractivity contribution is -0.137. The normalized spacial score (nSPS) is 22.3. The minimum atomic E-state index is -4.30. The monoisotopic (exact) mass is 523 g/mol. The van der Waals surface area contributed by atoms with Gasteiger partial charge in [-0.1, -0.05) is 31.0 Å². The molecule has 0 radical (unpaired) electrons. The number of nitrogens with one attached hydrogen (secondary N) is 1. The van der Waals surface area contributed by atoms with Gasteiger partial charge < -0.3 is 15.3 Å². The van der Waals surface area contributed by atoms with Crippen molar-refractivity contribution in [2.24, 2.45) is 11.8 Å². The Morgan fingerprint density at radius 3 is 2.50 bits per heavy atom. The van der Waals surface area contributed by atoms with Crippen LogP contribution in [-0.2, 0) is 12.8 Å². The Morgan fingerprint density at radius 2 is 1.71 bits per heavy atom. The van der Waals surface area contributed by atoms with Crippen LogP contribution in [0.3, 0.4) is 0 Å². The van der Waals surface area contributed by atoms with E-state index in [-0.39, 0.29) is 6.61 Å². The minimum Gasteiger partial charge on any atom is -0.392 e. The van der Waals surface area contributed by atoms with E-state index in [1.807, 2.05) is 36.5 Å². The highest BCUT2D eigenvalue weighted by Gasteiger charge is 2.32. The van der Waals surface area contributed by atoms with Crippen LogP contribution < -0.4 is 10.2 Å². The van der Waals surface area contributed by atoms with E-state index < -0.39 is 11.7 Å². The van der Waals surface area contributed by atoms with Gasteiger partial charge in [-0.25, -0.2) is 4.98 Å². The fourth-order valence-corrected chi connectivity index (χ4v) is 6.19. The number of nitrogens with zero attached hydrogens (tertiary/aromatic N) is 2. The quantitative estimate of drug-likeness (QED) is 0.336. The molecule has 4 nitrogen and oxygen atoms in total. The molecular formula is C31H36F3N3O. The van der Waals surface area contributed by atoms with Crippen LogP contribution in [0.15, 0.2) is 66.9 Å². The lowest BCUT2D eigenvalue weighted by atomic mass is 9.77. The number of hydrogen-bond donors (Lipinski definition) is 2. The largest absolute Gasteiger partial charge is 0.416 e. The molecule has 1 saturated carbocycles. The van der Waals surface area contributed by atoms with Gasteiger partial charge in [-0.15, -0.1) is 0 Å². The summed E-state index contributed by atoms with van der Waals surface area (Å²) in [7, 11) is 0. The highest BCUT2D eigenvalue weighted by Crippen LogP contribution is 2.36. The zero-order chi connectivity index (χ0) is 26.5. The predicted octanol–water partition coefficient (Wildman–Crippen LogP) is 7.54. The molecule has 1 saturated heterocycles. The highest BCUT2D eigenvalue weighted by molar-refractivity contribution is 5.67. The number of halogens is 3. The van der Waals surface area contributed by atoms with Crippen LogP contribution in [0.2, 0.25) is 0 Å². The van der Waals surface area contributed by atoms with Crippen molar-refractivity contribution in [3.63, 3.8) is 0 Å². The van der Waals surface area contributed by atoms with Crippen molar-refractivity contribution in [1.82, 2.24) is 4.98 Å². The van der Waals surface area contributed by atoms with Gasteiger partial charge in [0.2, 0.25) is 0 Å². The molecule has 3 aromatic rings. The number of pyridine rings is 1. The average molecular weight is 524 g/mol. The van der Waals surface area contributed by atoms with Crippen molar-refractivity contribution in [1.29, 1.82) is 0 Å². The van der Waals surface area contributed by atoms with Crippen molar-refractivity contribution >= 4 is 11.5 Å². The van der Waals surface area contributed by atoms with E-state index in [0.29, 0.717) is 17.9 Å². The predicted molar refractivity (Wildman–Crippen MR) is 146 cm³/mol. The molecule has 2 aliphatic rings. The Labute approximate surface area is 222 Å². The first-order valence-electron chi connectivity index (χ1n) is 13.7. The molecule has 1 aromatic heterocycles. The van der Waals surface area contributed by atoms with Gasteiger partial charge in [0.25, 0.3) is 0 Å². The minimum absolute atomic E-state index is 0.0191. The first-order valence-corrected chi connectivity index (χ1v) is 13.7. The second kappa shape index (κ2) is 11.8. The number of rotatable bonds is 7. The summed E-state index contributed by atoms with van der Waals surface area (Å²) in [5.41, 5.74) is 3.31. The Hall–Kier alpha value is -3.06. The number of alkyl halides is 3. The highest BCUT2D eigenvalue weighted by atomic mass is 19.4. The molecule has 0 bridgehead atoms. The molecule has 3 atom stereocenters. The average Bonchev–Trinajstić information content (AvgIpc) is 2.94. The number of aliphatic hydroxyl groups is 1. The fourth-order valence-electron chi connectivity index (χ4n) is 6.19. The molecular weight excluding hydrogens is 487 g/mol. The fraction of sp³-hybridized carbons (Fsp3) is 0.452. The molecule has 1 aliphatic carbocycles. The van der Waals surface area contributed by atoms with Gasteiger partial charge >= 0.3 is 6.18 Å². The number of aliphatic hydroxyl groups excluding tert-OH is 1. The van der Waals surface area contributed by atoms with Crippen LogP contribution in [0.5, 0.6) is 0 Å². The van der Waals surface area contributed by atoms with Crippen LogP contribution in [0.25, 0.3) is 11.1 Å². The van der Waals surface area contributed by atoms with E-state index in [0.717, 1.165) is 67.0 Å². The molecule has 38 heavy (non-hydrogen) atoms. The summed E-state index contributed by atoms with van der Waals surface area (Å²) in [5, 5.41) is 13.2. The van der Waals surface area contributed by atoms with Gasteiger partial charge in [0.15, 0.2) is 0 Å². The lowest BCUT2D eigenvalue weighted by Crippen LogP contribution is -2.39. The van der Waals surface area contributed by atoms with Crippen molar-refractivity contribution in [3.05, 3.63) is 78.0 Å². The van der Waals surface area contributed by atoms with Crippen molar-refractivity contribution in [3.8, 4) is 11.1 Å².